The van der Waals surface area contributed by atoms with Gasteiger partial charge in [0.05, 0.1) is 0 Å². The molecule has 2 nitrogen and oxygen atoms in total. The molecule has 0 fully saturated rings. The average Bonchev–Trinajstić information content (AvgIpc) is 2.15. The molecule has 0 aromatic rings. The molecule has 0 aromatic heterocycles. The molecule has 0 rings (SSSR count). The molecule has 0 aromatic carbocycles. The maximum atomic E-state index is 3.51. The van der Waals surface area contributed by atoms with E-state index in [0.29, 0.717) is 11.5 Å². The summed E-state index contributed by atoms with van der Waals surface area (Å²) in [6.45, 7) is 16.9. The molecule has 0 radical (unpaired) electrons. The summed E-state index contributed by atoms with van der Waals surface area (Å²) < 4.78 is 0. The van der Waals surface area contributed by atoms with Crippen molar-refractivity contribution in [1.82, 2.24) is 10.6 Å². The Morgan fingerprint density at radius 2 is 1.67 bits per heavy atom. The lowest BCUT2D eigenvalue weighted by Gasteiger charge is -2.27. The first-order chi connectivity index (χ1) is 6.88. The van der Waals surface area contributed by atoms with Crippen molar-refractivity contribution in [2.75, 3.05) is 19.6 Å². The maximum absolute atomic E-state index is 3.51. The fourth-order valence-electron chi connectivity index (χ4n) is 1.18. The smallest absolute Gasteiger partial charge is 0.00792 e. The second-order valence-electron chi connectivity index (χ2n) is 5.73. The Morgan fingerprint density at radius 3 is 2.13 bits per heavy atom. The van der Waals surface area contributed by atoms with Crippen molar-refractivity contribution >= 4 is 0 Å². The van der Waals surface area contributed by atoms with E-state index in [1.165, 1.54) is 6.42 Å². The summed E-state index contributed by atoms with van der Waals surface area (Å²) in [7, 11) is 0. The molecule has 0 aliphatic heterocycles. The standard InChI is InChI=1S/C13H30N2/c1-7-12(3)15-9-8-14-10-11(2)13(4,5)6/h11-12,14-15H,7-10H2,1-6H3. The molecule has 0 spiro atoms. The Kier molecular flexibility index (Phi) is 7.20. The van der Waals surface area contributed by atoms with Gasteiger partial charge in [0.25, 0.3) is 0 Å². The highest BCUT2D eigenvalue weighted by molar-refractivity contribution is 4.72. The molecule has 0 aliphatic carbocycles. The van der Waals surface area contributed by atoms with E-state index in [0.717, 1.165) is 25.6 Å². The quantitative estimate of drug-likeness (QED) is 0.637. The van der Waals surface area contributed by atoms with E-state index in [1.807, 2.05) is 0 Å². The van der Waals surface area contributed by atoms with Crippen molar-refractivity contribution in [3.8, 4) is 0 Å². The van der Waals surface area contributed by atoms with Gasteiger partial charge in [0.2, 0.25) is 0 Å². The molecular formula is C13H30N2. The third kappa shape index (κ3) is 7.80. The summed E-state index contributed by atoms with van der Waals surface area (Å²) in [6.07, 6.45) is 1.21. The Morgan fingerprint density at radius 1 is 1.07 bits per heavy atom. The first-order valence-corrected chi connectivity index (χ1v) is 6.32. The normalized spacial score (nSPS) is 16.4. The van der Waals surface area contributed by atoms with Gasteiger partial charge in [0.15, 0.2) is 0 Å². The number of nitrogens with one attached hydrogen (secondary N) is 2. The lowest BCUT2D eigenvalue weighted by Crippen LogP contribution is -2.36. The third-order valence-corrected chi connectivity index (χ3v) is 3.34. The second kappa shape index (κ2) is 7.24. The molecule has 2 heteroatoms. The summed E-state index contributed by atoms with van der Waals surface area (Å²) in [6, 6.07) is 0.645. The number of hydrogen-bond acceptors (Lipinski definition) is 2. The van der Waals surface area contributed by atoms with Crippen LogP contribution in [-0.4, -0.2) is 25.7 Å². The van der Waals surface area contributed by atoms with Crippen LogP contribution in [0, 0.1) is 11.3 Å². The zero-order valence-electron chi connectivity index (χ0n) is 11.5. The summed E-state index contributed by atoms with van der Waals surface area (Å²) in [5.41, 5.74) is 0.414. The fraction of sp³-hybridized carbons (Fsp3) is 1.00. The highest BCUT2D eigenvalue weighted by Gasteiger charge is 2.18. The zero-order chi connectivity index (χ0) is 11.9. The molecule has 2 unspecified atom stereocenters. The Balaban J connectivity index is 3.39. The summed E-state index contributed by atoms with van der Waals surface area (Å²) >= 11 is 0. The number of hydrogen-bond donors (Lipinski definition) is 2. The molecule has 0 bridgehead atoms. The van der Waals surface area contributed by atoms with Crippen LogP contribution >= 0.6 is 0 Å². The van der Waals surface area contributed by atoms with Gasteiger partial charge in [0, 0.05) is 19.1 Å². The Labute approximate surface area is 96.2 Å². The van der Waals surface area contributed by atoms with Gasteiger partial charge < -0.3 is 10.6 Å². The summed E-state index contributed by atoms with van der Waals surface area (Å²) in [5, 5.41) is 6.99. The summed E-state index contributed by atoms with van der Waals surface area (Å²) in [4.78, 5) is 0. The van der Waals surface area contributed by atoms with Crippen LogP contribution < -0.4 is 10.6 Å². The van der Waals surface area contributed by atoms with Gasteiger partial charge >= 0.3 is 0 Å². The molecule has 0 saturated carbocycles. The Bertz CT molecular complexity index is 149. The minimum atomic E-state index is 0.414. The van der Waals surface area contributed by atoms with Crippen molar-refractivity contribution in [2.45, 2.75) is 54.0 Å². The van der Waals surface area contributed by atoms with Gasteiger partial charge in [0.1, 0.15) is 0 Å². The minimum absolute atomic E-state index is 0.414. The lowest BCUT2D eigenvalue weighted by atomic mass is 9.82. The second-order valence-corrected chi connectivity index (χ2v) is 5.73. The maximum Gasteiger partial charge on any atom is 0.00792 e. The van der Waals surface area contributed by atoms with Crippen molar-refractivity contribution in [3.05, 3.63) is 0 Å². The minimum Gasteiger partial charge on any atom is -0.315 e. The summed E-state index contributed by atoms with van der Waals surface area (Å²) in [5.74, 6) is 0.723. The van der Waals surface area contributed by atoms with Crippen LogP contribution in [0.1, 0.15) is 48.0 Å². The van der Waals surface area contributed by atoms with Crippen molar-refractivity contribution in [3.63, 3.8) is 0 Å². The first kappa shape index (κ1) is 14.9. The zero-order valence-corrected chi connectivity index (χ0v) is 11.5. The molecule has 0 saturated heterocycles. The van der Waals surface area contributed by atoms with Crippen molar-refractivity contribution in [1.29, 1.82) is 0 Å². The van der Waals surface area contributed by atoms with Crippen LogP contribution in [0.3, 0.4) is 0 Å². The van der Waals surface area contributed by atoms with Crippen LogP contribution in [0.2, 0.25) is 0 Å². The molecular weight excluding hydrogens is 184 g/mol. The third-order valence-electron chi connectivity index (χ3n) is 3.34. The Hall–Kier alpha value is -0.0800. The van der Waals surface area contributed by atoms with E-state index in [1.54, 1.807) is 0 Å². The average molecular weight is 214 g/mol. The largest absolute Gasteiger partial charge is 0.315 e. The monoisotopic (exact) mass is 214 g/mol. The molecule has 2 N–H and O–H groups in total. The fourth-order valence-corrected chi connectivity index (χ4v) is 1.18. The topological polar surface area (TPSA) is 24.1 Å². The SMILES string of the molecule is CCC(C)NCCNCC(C)C(C)(C)C. The molecule has 0 heterocycles. The van der Waals surface area contributed by atoms with E-state index >= 15 is 0 Å². The van der Waals surface area contributed by atoms with E-state index in [4.69, 9.17) is 0 Å². The van der Waals surface area contributed by atoms with Gasteiger partial charge in [-0.25, -0.2) is 0 Å². The number of rotatable bonds is 7. The first-order valence-electron chi connectivity index (χ1n) is 6.32. The van der Waals surface area contributed by atoms with Crippen LogP contribution in [0.25, 0.3) is 0 Å². The van der Waals surface area contributed by atoms with Crippen LogP contribution in [0.15, 0.2) is 0 Å². The van der Waals surface area contributed by atoms with Gasteiger partial charge in [-0.05, 0) is 31.2 Å². The molecule has 2 atom stereocenters. The molecule has 92 valence electrons. The molecule has 0 aliphatic rings. The lowest BCUT2D eigenvalue weighted by molar-refractivity contribution is 0.253. The van der Waals surface area contributed by atoms with Crippen molar-refractivity contribution < 1.29 is 0 Å². The van der Waals surface area contributed by atoms with Gasteiger partial charge in [-0.3, -0.25) is 0 Å². The van der Waals surface area contributed by atoms with Gasteiger partial charge in [-0.15, -0.1) is 0 Å². The van der Waals surface area contributed by atoms with Crippen molar-refractivity contribution in [2.24, 2.45) is 11.3 Å². The van der Waals surface area contributed by atoms with Crippen LogP contribution in [-0.2, 0) is 0 Å². The molecule has 0 amide bonds. The van der Waals surface area contributed by atoms with E-state index in [9.17, 15) is 0 Å². The predicted octanol–water partition coefficient (Wildman–Crippen LogP) is 2.65. The van der Waals surface area contributed by atoms with E-state index in [2.05, 4.69) is 52.2 Å². The highest BCUT2D eigenvalue weighted by atomic mass is 15.0. The molecule has 15 heavy (non-hydrogen) atoms. The van der Waals surface area contributed by atoms with Gasteiger partial charge in [-0.2, -0.15) is 0 Å². The van der Waals surface area contributed by atoms with E-state index < -0.39 is 0 Å². The van der Waals surface area contributed by atoms with Crippen LogP contribution in [0.4, 0.5) is 0 Å². The van der Waals surface area contributed by atoms with Crippen LogP contribution in [0.5, 0.6) is 0 Å². The predicted molar refractivity (Wildman–Crippen MR) is 69.2 cm³/mol. The van der Waals surface area contributed by atoms with Gasteiger partial charge in [-0.1, -0.05) is 34.6 Å². The highest BCUT2D eigenvalue weighted by Crippen LogP contribution is 2.24. The van der Waals surface area contributed by atoms with E-state index in [-0.39, 0.29) is 0 Å².